The number of amides is 1. The van der Waals surface area contributed by atoms with E-state index in [1.165, 1.54) is 12.1 Å². The first-order valence-corrected chi connectivity index (χ1v) is 10.9. The van der Waals surface area contributed by atoms with Crippen molar-refractivity contribution in [2.24, 2.45) is 0 Å². The van der Waals surface area contributed by atoms with Crippen molar-refractivity contribution in [2.75, 3.05) is 13.1 Å². The van der Waals surface area contributed by atoms with Crippen LogP contribution in [0, 0.1) is 5.82 Å². The average molecular weight is 467 g/mol. The summed E-state index contributed by atoms with van der Waals surface area (Å²) in [6.45, 7) is 2.59. The second-order valence-electron chi connectivity index (χ2n) is 7.57. The lowest BCUT2D eigenvalue weighted by Crippen LogP contribution is -2.40. The number of aryl methyl sites for hydroxylation is 1. The smallest absolute Gasteiger partial charge is 0.252 e. The number of benzene rings is 2. The Kier molecular flexibility index (Phi) is 7.94. The minimum Gasteiger partial charge on any atom is -0.507 e. The van der Waals surface area contributed by atoms with E-state index in [1.54, 1.807) is 36.1 Å². The van der Waals surface area contributed by atoms with E-state index in [1.807, 2.05) is 6.07 Å². The number of hydrogen-bond acceptors (Lipinski definition) is 4. The van der Waals surface area contributed by atoms with E-state index < -0.39 is 18.2 Å². The molecule has 1 heterocycles. The first kappa shape index (κ1) is 23.5. The van der Waals surface area contributed by atoms with Gasteiger partial charge in [-0.15, -0.1) is 0 Å². The van der Waals surface area contributed by atoms with Gasteiger partial charge in [-0.25, -0.2) is 4.39 Å². The summed E-state index contributed by atoms with van der Waals surface area (Å²) < 4.78 is 13.1. The molecule has 8 heteroatoms. The maximum Gasteiger partial charge on any atom is 0.252 e. The van der Waals surface area contributed by atoms with Crippen LogP contribution in [0.1, 0.15) is 24.5 Å². The average Bonchev–Trinajstić information content (AvgIpc) is 2.95. The molecular formula is C23H25Cl2FN2O3. The highest BCUT2D eigenvalue weighted by atomic mass is 35.5. The molecule has 1 aliphatic heterocycles. The maximum atomic E-state index is 13.1. The van der Waals surface area contributed by atoms with Gasteiger partial charge in [-0.05, 0) is 61.6 Å². The molecule has 0 fully saturated rings. The monoisotopic (exact) mass is 466 g/mol. The molecule has 1 amide bonds. The number of hydrogen-bond donors (Lipinski definition) is 3. The first-order chi connectivity index (χ1) is 14.8. The van der Waals surface area contributed by atoms with E-state index in [4.69, 9.17) is 23.2 Å². The van der Waals surface area contributed by atoms with Crippen LogP contribution in [-0.2, 0) is 17.6 Å². The number of carbonyl (C=O) groups is 1. The number of aliphatic hydroxyl groups excluding tert-OH is 2. The minimum absolute atomic E-state index is 0.168. The van der Waals surface area contributed by atoms with Crippen LogP contribution in [0.4, 0.5) is 4.39 Å². The Labute approximate surface area is 191 Å². The van der Waals surface area contributed by atoms with Crippen molar-refractivity contribution in [3.8, 4) is 0 Å². The topological polar surface area (TPSA) is 72.8 Å². The molecule has 0 radical (unpaired) electrons. The van der Waals surface area contributed by atoms with Crippen LogP contribution in [0.3, 0.4) is 0 Å². The van der Waals surface area contributed by atoms with Crippen LogP contribution < -0.4 is 5.32 Å². The summed E-state index contributed by atoms with van der Waals surface area (Å²) in [5.74, 6) is -1.04. The zero-order valence-electron chi connectivity index (χ0n) is 17.1. The van der Waals surface area contributed by atoms with Crippen LogP contribution in [0.15, 0.2) is 53.8 Å². The predicted octanol–water partition coefficient (Wildman–Crippen LogP) is 4.26. The highest BCUT2D eigenvalue weighted by molar-refractivity contribution is 6.42. The van der Waals surface area contributed by atoms with Crippen molar-refractivity contribution in [2.45, 2.75) is 38.5 Å². The van der Waals surface area contributed by atoms with Crippen molar-refractivity contribution >= 4 is 29.1 Å². The molecule has 3 N–H and O–H groups in total. The highest BCUT2D eigenvalue weighted by Gasteiger charge is 2.40. The Bertz CT molecular complexity index is 966. The van der Waals surface area contributed by atoms with Gasteiger partial charge in [0.2, 0.25) is 0 Å². The molecule has 0 bridgehead atoms. The highest BCUT2D eigenvalue weighted by Crippen LogP contribution is 2.28. The summed E-state index contributed by atoms with van der Waals surface area (Å²) in [4.78, 5) is 14.3. The number of carbonyl (C=O) groups excluding carboxylic acids is 1. The fourth-order valence-electron chi connectivity index (χ4n) is 3.70. The first-order valence-electron chi connectivity index (χ1n) is 10.1. The van der Waals surface area contributed by atoms with Crippen molar-refractivity contribution in [3.05, 3.63) is 80.8 Å². The Hall–Kier alpha value is -2.12. The SMILES string of the molecule is CC1C(C(=O)NCCCc2ccc(Cl)c(Cl)c2)=C(O)C(O)N1CCc1ccc(F)cc1. The van der Waals surface area contributed by atoms with Gasteiger partial charge >= 0.3 is 0 Å². The number of nitrogens with zero attached hydrogens (tertiary/aromatic N) is 1. The molecule has 2 atom stereocenters. The third-order valence-electron chi connectivity index (χ3n) is 5.48. The fourth-order valence-corrected chi connectivity index (χ4v) is 4.02. The van der Waals surface area contributed by atoms with Gasteiger partial charge in [0.05, 0.1) is 15.6 Å². The number of halogens is 3. The summed E-state index contributed by atoms with van der Waals surface area (Å²) in [6, 6.07) is 11.1. The summed E-state index contributed by atoms with van der Waals surface area (Å²) in [5, 5.41) is 24.5. The lowest BCUT2D eigenvalue weighted by molar-refractivity contribution is -0.118. The molecule has 0 saturated heterocycles. The van der Waals surface area contributed by atoms with E-state index in [0.717, 1.165) is 11.1 Å². The summed E-state index contributed by atoms with van der Waals surface area (Å²) in [5.41, 5.74) is 2.09. The molecule has 2 aromatic rings. The third kappa shape index (κ3) is 5.77. The predicted molar refractivity (Wildman–Crippen MR) is 120 cm³/mol. The molecule has 0 saturated carbocycles. The summed E-state index contributed by atoms with van der Waals surface area (Å²) >= 11 is 11.9. The van der Waals surface area contributed by atoms with Crippen LogP contribution in [-0.4, -0.2) is 46.4 Å². The van der Waals surface area contributed by atoms with Crippen LogP contribution in [0.2, 0.25) is 10.0 Å². The van der Waals surface area contributed by atoms with Gasteiger partial charge in [0.15, 0.2) is 6.23 Å². The van der Waals surface area contributed by atoms with Gasteiger partial charge in [0.25, 0.3) is 5.91 Å². The van der Waals surface area contributed by atoms with Crippen LogP contribution in [0.25, 0.3) is 0 Å². The molecule has 31 heavy (non-hydrogen) atoms. The Balaban J connectivity index is 1.51. The quantitative estimate of drug-likeness (QED) is 0.508. The molecule has 0 aliphatic carbocycles. The van der Waals surface area contributed by atoms with Crippen molar-refractivity contribution in [3.63, 3.8) is 0 Å². The minimum atomic E-state index is -1.24. The van der Waals surface area contributed by atoms with Gasteiger partial charge < -0.3 is 15.5 Å². The second-order valence-corrected chi connectivity index (χ2v) is 8.39. The van der Waals surface area contributed by atoms with E-state index in [9.17, 15) is 19.4 Å². The standard InChI is InChI=1S/C23H25Cl2FN2O3/c1-14-20(22(30)27-11-2-3-16-6-9-18(24)19(25)13-16)21(29)23(31)28(14)12-10-15-4-7-17(26)8-5-15/h4-9,13-14,23,29,31H,2-3,10-12H2,1H3,(H,27,30). The second kappa shape index (κ2) is 10.5. The molecule has 3 rings (SSSR count). The molecule has 2 aromatic carbocycles. The maximum absolute atomic E-state index is 13.1. The number of rotatable bonds is 8. The zero-order chi connectivity index (χ0) is 22.5. The van der Waals surface area contributed by atoms with E-state index in [0.29, 0.717) is 42.4 Å². The summed E-state index contributed by atoms with van der Waals surface area (Å²) in [7, 11) is 0. The van der Waals surface area contributed by atoms with Crippen molar-refractivity contribution in [1.29, 1.82) is 0 Å². The van der Waals surface area contributed by atoms with Crippen molar-refractivity contribution < 1.29 is 19.4 Å². The lowest BCUT2D eigenvalue weighted by atomic mass is 10.1. The van der Waals surface area contributed by atoms with Crippen LogP contribution >= 0.6 is 23.2 Å². The third-order valence-corrected chi connectivity index (χ3v) is 6.22. The number of aliphatic hydroxyl groups is 2. The number of nitrogens with one attached hydrogen (secondary N) is 1. The molecule has 5 nitrogen and oxygen atoms in total. The Morgan fingerprint density at radius 2 is 1.77 bits per heavy atom. The van der Waals surface area contributed by atoms with Crippen LogP contribution in [0.5, 0.6) is 0 Å². The van der Waals surface area contributed by atoms with Crippen molar-refractivity contribution in [1.82, 2.24) is 10.2 Å². The lowest BCUT2D eigenvalue weighted by Gasteiger charge is -2.25. The molecule has 0 spiro atoms. The van der Waals surface area contributed by atoms with Gasteiger partial charge in [0.1, 0.15) is 11.6 Å². The normalized spacial score (nSPS) is 19.1. The fraction of sp³-hybridized carbons (Fsp3) is 0.348. The summed E-state index contributed by atoms with van der Waals surface area (Å²) in [6.07, 6.45) is 0.702. The van der Waals surface area contributed by atoms with Gasteiger partial charge in [-0.2, -0.15) is 0 Å². The Morgan fingerprint density at radius 3 is 2.45 bits per heavy atom. The van der Waals surface area contributed by atoms with E-state index in [-0.39, 0.29) is 17.1 Å². The Morgan fingerprint density at radius 1 is 1.10 bits per heavy atom. The molecule has 2 unspecified atom stereocenters. The van der Waals surface area contributed by atoms with Gasteiger partial charge in [-0.1, -0.05) is 41.4 Å². The molecule has 166 valence electrons. The molecule has 0 aromatic heterocycles. The zero-order valence-corrected chi connectivity index (χ0v) is 18.6. The largest absolute Gasteiger partial charge is 0.507 e. The van der Waals surface area contributed by atoms with E-state index >= 15 is 0 Å². The molecular weight excluding hydrogens is 442 g/mol. The van der Waals surface area contributed by atoms with E-state index in [2.05, 4.69) is 5.32 Å². The van der Waals surface area contributed by atoms with Gasteiger partial charge in [0, 0.05) is 19.1 Å². The van der Waals surface area contributed by atoms with Gasteiger partial charge in [-0.3, -0.25) is 9.69 Å². The molecule has 1 aliphatic rings.